The molecule has 0 radical (unpaired) electrons. The number of urea groups is 1. The van der Waals surface area contributed by atoms with E-state index in [4.69, 9.17) is 4.74 Å². The number of benzene rings is 2. The van der Waals surface area contributed by atoms with Crippen molar-refractivity contribution in [2.75, 3.05) is 25.0 Å². The number of nitrogens with one attached hydrogen (secondary N) is 1. The quantitative estimate of drug-likeness (QED) is 0.371. The van der Waals surface area contributed by atoms with E-state index in [0.29, 0.717) is 31.9 Å². The van der Waals surface area contributed by atoms with Gasteiger partial charge in [-0.1, -0.05) is 18.2 Å². The summed E-state index contributed by atoms with van der Waals surface area (Å²) in [4.78, 5) is 31.4. The third-order valence-electron chi connectivity index (χ3n) is 6.76. The molecule has 6 nitrogen and oxygen atoms in total. The summed E-state index contributed by atoms with van der Waals surface area (Å²) in [6, 6.07) is 13.6. The summed E-state index contributed by atoms with van der Waals surface area (Å²) in [6.45, 7) is 7.71. The van der Waals surface area contributed by atoms with Crippen LogP contribution in [0.25, 0.3) is 0 Å². The minimum Gasteiger partial charge on any atom is -0.376 e. The van der Waals surface area contributed by atoms with E-state index in [2.05, 4.69) is 5.32 Å². The highest BCUT2D eigenvalue weighted by molar-refractivity contribution is 7.10. The molecule has 3 amide bonds. The maximum atomic E-state index is 13.7. The monoisotopic (exact) mass is 523 g/mol. The van der Waals surface area contributed by atoms with Crippen LogP contribution in [0.2, 0.25) is 0 Å². The number of hydrogen-bond donors (Lipinski definition) is 1. The van der Waals surface area contributed by atoms with E-state index in [9.17, 15) is 14.0 Å². The molecule has 1 aliphatic rings. The highest BCUT2D eigenvalue weighted by Crippen LogP contribution is 2.21. The fourth-order valence-corrected chi connectivity index (χ4v) is 5.24. The van der Waals surface area contributed by atoms with Crippen LogP contribution in [0, 0.1) is 26.6 Å². The first-order valence-corrected chi connectivity index (χ1v) is 13.5. The van der Waals surface area contributed by atoms with Gasteiger partial charge >= 0.3 is 6.03 Å². The largest absolute Gasteiger partial charge is 0.376 e. The minimum atomic E-state index is -0.332. The van der Waals surface area contributed by atoms with E-state index < -0.39 is 0 Å². The van der Waals surface area contributed by atoms with Crippen LogP contribution in [-0.2, 0) is 22.6 Å². The number of nitrogens with zero attached hydrogens (tertiary/aromatic N) is 2. The molecule has 3 aromatic rings. The van der Waals surface area contributed by atoms with Crippen LogP contribution < -0.4 is 5.32 Å². The molecule has 1 unspecified atom stereocenters. The maximum absolute atomic E-state index is 13.7. The van der Waals surface area contributed by atoms with Crippen molar-refractivity contribution >= 4 is 29.0 Å². The first-order chi connectivity index (χ1) is 17.8. The second-order valence-electron chi connectivity index (χ2n) is 9.65. The Morgan fingerprint density at radius 2 is 1.78 bits per heavy atom. The molecule has 8 heteroatoms. The van der Waals surface area contributed by atoms with Crippen LogP contribution in [0.5, 0.6) is 0 Å². The topological polar surface area (TPSA) is 61.9 Å². The molecule has 1 N–H and O–H groups in total. The number of thiophene rings is 1. The average Bonchev–Trinajstić information content (AvgIpc) is 3.53. The molecule has 0 bridgehead atoms. The van der Waals surface area contributed by atoms with Gasteiger partial charge in [0.1, 0.15) is 12.4 Å². The van der Waals surface area contributed by atoms with Crippen molar-refractivity contribution in [3.8, 4) is 0 Å². The van der Waals surface area contributed by atoms with E-state index in [1.165, 1.54) is 12.1 Å². The van der Waals surface area contributed by atoms with Crippen molar-refractivity contribution in [3.05, 3.63) is 86.9 Å². The number of ether oxygens (including phenoxy) is 1. The summed E-state index contributed by atoms with van der Waals surface area (Å²) in [5.41, 5.74) is 4.86. The zero-order valence-corrected chi connectivity index (χ0v) is 22.4. The Morgan fingerprint density at radius 3 is 2.43 bits per heavy atom. The Kier molecular flexibility index (Phi) is 8.95. The molecule has 37 heavy (non-hydrogen) atoms. The Bertz CT molecular complexity index is 1220. The lowest BCUT2D eigenvalue weighted by Gasteiger charge is -2.29. The van der Waals surface area contributed by atoms with Gasteiger partial charge in [-0.2, -0.15) is 0 Å². The molecular formula is C29H34FN3O3S. The van der Waals surface area contributed by atoms with E-state index in [0.717, 1.165) is 40.0 Å². The van der Waals surface area contributed by atoms with E-state index in [-0.39, 0.29) is 30.4 Å². The fourth-order valence-electron chi connectivity index (χ4n) is 4.32. The predicted octanol–water partition coefficient (Wildman–Crippen LogP) is 6.05. The molecule has 0 saturated carbocycles. The van der Waals surface area contributed by atoms with E-state index in [1.54, 1.807) is 33.3 Å². The number of anilines is 1. The molecular weight excluding hydrogens is 489 g/mol. The fraction of sp³-hybridized carbons (Fsp3) is 0.379. The summed E-state index contributed by atoms with van der Waals surface area (Å²) in [5, 5.41) is 4.97. The number of rotatable bonds is 9. The highest BCUT2D eigenvalue weighted by Gasteiger charge is 2.27. The number of halogens is 1. The smallest absolute Gasteiger partial charge is 0.322 e. The molecule has 0 aliphatic carbocycles. The van der Waals surface area contributed by atoms with Crippen LogP contribution >= 0.6 is 11.3 Å². The van der Waals surface area contributed by atoms with Gasteiger partial charge in [0.15, 0.2) is 0 Å². The van der Waals surface area contributed by atoms with Crippen LogP contribution in [0.3, 0.4) is 0 Å². The van der Waals surface area contributed by atoms with Crippen LogP contribution in [0.4, 0.5) is 14.9 Å². The first-order valence-electron chi connectivity index (χ1n) is 12.6. The number of carbonyl (C=O) groups excluding carboxylic acids is 2. The Labute approximate surface area is 222 Å². The van der Waals surface area contributed by atoms with Gasteiger partial charge in [-0.25, -0.2) is 9.18 Å². The van der Waals surface area contributed by atoms with Gasteiger partial charge in [-0.05, 0) is 91.6 Å². The van der Waals surface area contributed by atoms with E-state index >= 15 is 0 Å². The zero-order chi connectivity index (χ0) is 26.4. The standard InChI is InChI=1S/C29H34FN3O3S/c1-20-6-11-25(15-22(20)3)31-29(35)33(17-26-5-4-13-36-26)19-28(34)32(18-27-21(2)12-14-37-27)16-23-7-9-24(30)10-8-23/h6-12,14-15,26H,4-5,13,16-19H2,1-3H3,(H,31,35). The van der Waals surface area contributed by atoms with Crippen molar-refractivity contribution in [1.82, 2.24) is 9.80 Å². The number of hydrogen-bond acceptors (Lipinski definition) is 4. The molecule has 2 aromatic carbocycles. The van der Waals surface area contributed by atoms with Crippen molar-refractivity contribution in [1.29, 1.82) is 0 Å². The summed E-state index contributed by atoms with van der Waals surface area (Å²) in [7, 11) is 0. The van der Waals surface area contributed by atoms with Crippen molar-refractivity contribution < 1.29 is 18.7 Å². The van der Waals surface area contributed by atoms with Gasteiger partial charge in [0, 0.05) is 30.3 Å². The van der Waals surface area contributed by atoms with Gasteiger partial charge in [0.2, 0.25) is 5.91 Å². The Balaban J connectivity index is 1.53. The van der Waals surface area contributed by atoms with Gasteiger partial charge in [-0.15, -0.1) is 11.3 Å². The van der Waals surface area contributed by atoms with Gasteiger partial charge in [0.05, 0.1) is 12.6 Å². The molecule has 2 heterocycles. The maximum Gasteiger partial charge on any atom is 0.322 e. The van der Waals surface area contributed by atoms with E-state index in [1.807, 2.05) is 50.4 Å². The number of amides is 3. The number of carbonyl (C=O) groups is 2. The summed E-state index contributed by atoms with van der Waals surface area (Å²) < 4.78 is 19.3. The third-order valence-corrected chi connectivity index (χ3v) is 7.77. The second-order valence-corrected chi connectivity index (χ2v) is 10.6. The van der Waals surface area contributed by atoms with Gasteiger partial charge in [-0.3, -0.25) is 4.79 Å². The van der Waals surface area contributed by atoms with Gasteiger partial charge in [0.25, 0.3) is 0 Å². The SMILES string of the molecule is Cc1ccc(NC(=O)N(CC(=O)N(Cc2ccc(F)cc2)Cc2sccc2C)CC2CCCO2)cc1C. The molecule has 1 saturated heterocycles. The van der Waals surface area contributed by atoms with Gasteiger partial charge < -0.3 is 19.9 Å². The van der Waals surface area contributed by atoms with Crippen molar-refractivity contribution in [2.24, 2.45) is 0 Å². The zero-order valence-electron chi connectivity index (χ0n) is 21.6. The number of aryl methyl sites for hydroxylation is 3. The van der Waals surface area contributed by atoms with Crippen molar-refractivity contribution in [3.63, 3.8) is 0 Å². The average molecular weight is 524 g/mol. The van der Waals surface area contributed by atoms with Crippen LogP contribution in [0.15, 0.2) is 53.9 Å². The van der Waals surface area contributed by atoms with Crippen LogP contribution in [0.1, 0.15) is 40.0 Å². The minimum absolute atomic E-state index is 0.0812. The Hall–Kier alpha value is -3.23. The molecule has 1 fully saturated rings. The lowest BCUT2D eigenvalue weighted by molar-refractivity contribution is -0.133. The molecule has 0 spiro atoms. The molecule has 1 aliphatic heterocycles. The predicted molar refractivity (Wildman–Crippen MR) is 145 cm³/mol. The summed E-state index contributed by atoms with van der Waals surface area (Å²) in [6.07, 6.45) is 1.71. The lowest BCUT2D eigenvalue weighted by Crippen LogP contribution is -2.46. The third kappa shape index (κ3) is 7.40. The second kappa shape index (κ2) is 12.3. The normalized spacial score (nSPS) is 15.0. The molecule has 4 rings (SSSR count). The molecule has 196 valence electrons. The molecule has 1 atom stereocenters. The highest BCUT2D eigenvalue weighted by atomic mass is 32.1. The Morgan fingerprint density at radius 1 is 1.00 bits per heavy atom. The van der Waals surface area contributed by atoms with Crippen molar-refractivity contribution in [2.45, 2.75) is 52.8 Å². The van der Waals surface area contributed by atoms with Crippen LogP contribution in [-0.4, -0.2) is 47.5 Å². The molecule has 1 aromatic heterocycles. The first kappa shape index (κ1) is 26.8. The lowest BCUT2D eigenvalue weighted by atomic mass is 10.1. The summed E-state index contributed by atoms with van der Waals surface area (Å²) in [5.74, 6) is -0.494. The summed E-state index contributed by atoms with van der Waals surface area (Å²) >= 11 is 1.60.